The van der Waals surface area contributed by atoms with Crippen LogP contribution in [-0.2, 0) is 0 Å². The Morgan fingerprint density at radius 3 is 2.21 bits per heavy atom. The van der Waals surface area contributed by atoms with Crippen LogP contribution in [0, 0.1) is 22.7 Å². The van der Waals surface area contributed by atoms with Crippen molar-refractivity contribution in [1.82, 2.24) is 4.98 Å². The molecule has 0 aromatic carbocycles. The molecule has 1 aromatic heterocycles. The fourth-order valence-corrected chi connectivity index (χ4v) is 8.18. The number of hydrogen-bond acceptors (Lipinski definition) is 7. The van der Waals surface area contributed by atoms with Crippen molar-refractivity contribution in [2.24, 2.45) is 0 Å². The molecular formula is C15H7Cl2N3S4. The van der Waals surface area contributed by atoms with Gasteiger partial charge in [0, 0.05) is 22.6 Å². The smallest absolute Gasteiger partial charge is 0.138 e. The third-order valence-electron chi connectivity index (χ3n) is 2.90. The first-order valence-corrected chi connectivity index (χ1v) is 10.9. The molecule has 0 spiro atoms. The van der Waals surface area contributed by atoms with Gasteiger partial charge >= 0.3 is 0 Å². The summed E-state index contributed by atoms with van der Waals surface area (Å²) >= 11 is 19.5. The zero-order valence-electron chi connectivity index (χ0n) is 11.9. The molecule has 0 saturated carbocycles. The summed E-state index contributed by atoms with van der Waals surface area (Å²) < 4.78 is 3.82. The largest absolute Gasteiger partial charge is 0.223 e. The van der Waals surface area contributed by atoms with Crippen molar-refractivity contribution in [3.63, 3.8) is 0 Å². The van der Waals surface area contributed by atoms with Crippen LogP contribution in [0.3, 0.4) is 0 Å². The van der Waals surface area contributed by atoms with E-state index in [0.29, 0.717) is 16.3 Å². The van der Waals surface area contributed by atoms with E-state index in [1.165, 1.54) is 14.6 Å². The Morgan fingerprint density at radius 1 is 1.04 bits per heavy atom. The maximum Gasteiger partial charge on any atom is 0.138 e. The van der Waals surface area contributed by atoms with E-state index in [2.05, 4.69) is 4.98 Å². The van der Waals surface area contributed by atoms with Gasteiger partial charge in [0.05, 0.1) is 12.7 Å². The summed E-state index contributed by atoms with van der Waals surface area (Å²) in [5, 5.41) is 18.2. The van der Waals surface area contributed by atoms with Gasteiger partial charge in [0.1, 0.15) is 28.0 Å². The first-order valence-electron chi connectivity index (χ1n) is 6.56. The number of rotatable bonds is 2. The predicted octanol–water partition coefficient (Wildman–Crippen LogP) is 6.20. The molecule has 9 heteroatoms. The molecule has 120 valence electrons. The van der Waals surface area contributed by atoms with Gasteiger partial charge in [-0.15, -0.1) is 23.5 Å². The minimum absolute atomic E-state index is 0.0332. The van der Waals surface area contributed by atoms with Crippen LogP contribution in [-0.4, -0.2) is 16.5 Å². The van der Waals surface area contributed by atoms with E-state index in [-0.39, 0.29) is 10.7 Å². The number of pyridine rings is 1. The molecule has 0 aliphatic carbocycles. The number of allylic oxidation sites excluding steroid dienone is 1. The van der Waals surface area contributed by atoms with Gasteiger partial charge in [-0.1, -0.05) is 46.7 Å². The van der Waals surface area contributed by atoms with E-state index in [1.54, 1.807) is 29.6 Å². The van der Waals surface area contributed by atoms with Gasteiger partial charge < -0.3 is 0 Å². The normalized spacial score (nSPS) is 16.2. The van der Waals surface area contributed by atoms with Crippen LogP contribution in [0.1, 0.15) is 11.1 Å². The lowest BCUT2D eigenvalue weighted by Gasteiger charge is -2.08. The van der Waals surface area contributed by atoms with E-state index in [4.69, 9.17) is 33.7 Å². The van der Waals surface area contributed by atoms with Crippen LogP contribution in [0.4, 0.5) is 0 Å². The van der Waals surface area contributed by atoms with E-state index in [1.807, 2.05) is 41.7 Å². The molecule has 0 amide bonds. The Bertz CT molecular complexity index is 842. The topological polar surface area (TPSA) is 60.5 Å². The Morgan fingerprint density at radius 2 is 1.62 bits per heavy atom. The summed E-state index contributed by atoms with van der Waals surface area (Å²) in [7, 11) is 0. The molecule has 0 N–H and O–H groups in total. The second-order valence-electron chi connectivity index (χ2n) is 4.47. The lowest BCUT2D eigenvalue weighted by molar-refractivity contribution is 1.30. The molecule has 0 unspecified atom stereocenters. The molecule has 3 rings (SSSR count). The predicted molar refractivity (Wildman–Crippen MR) is 109 cm³/mol. The quantitative estimate of drug-likeness (QED) is 0.410. The first-order chi connectivity index (χ1) is 11.6. The van der Waals surface area contributed by atoms with Gasteiger partial charge in [-0.3, -0.25) is 0 Å². The number of thioether (sulfide) groups is 4. The van der Waals surface area contributed by atoms with Crippen molar-refractivity contribution in [3.05, 3.63) is 45.8 Å². The van der Waals surface area contributed by atoms with Gasteiger partial charge in [0.15, 0.2) is 0 Å². The van der Waals surface area contributed by atoms with Crippen LogP contribution < -0.4 is 0 Å². The van der Waals surface area contributed by atoms with Crippen molar-refractivity contribution in [2.45, 2.75) is 0 Å². The Labute approximate surface area is 166 Å². The van der Waals surface area contributed by atoms with Crippen LogP contribution in [0.15, 0.2) is 24.4 Å². The highest BCUT2D eigenvalue weighted by molar-refractivity contribution is 8.41. The van der Waals surface area contributed by atoms with Gasteiger partial charge in [0.2, 0.25) is 0 Å². The molecule has 2 aliphatic heterocycles. The summed E-state index contributed by atoms with van der Waals surface area (Å²) in [6.07, 6.45) is 3.38. The molecule has 3 nitrogen and oxygen atoms in total. The number of nitrogens with zero attached hydrogens (tertiary/aromatic N) is 3. The summed E-state index contributed by atoms with van der Waals surface area (Å²) in [5.74, 6) is 2.27. The minimum atomic E-state index is -0.0332. The van der Waals surface area contributed by atoms with Crippen LogP contribution in [0.5, 0.6) is 0 Å². The summed E-state index contributed by atoms with van der Waals surface area (Å²) in [6.45, 7) is 0. The summed E-state index contributed by atoms with van der Waals surface area (Å²) in [5.41, 5.74) is 1.18. The standard InChI is InChI=1S/C15H7Cl2N3S4/c16-12-9(3-8(6-18)7-19)4-10(13(17)20-12)5-11-23-14-15(24-11)22-2-1-21-14/h3-5H,1-2H2. The minimum Gasteiger partial charge on any atom is -0.223 e. The van der Waals surface area contributed by atoms with E-state index >= 15 is 0 Å². The lowest BCUT2D eigenvalue weighted by atomic mass is 10.1. The second kappa shape index (κ2) is 8.14. The molecule has 3 heterocycles. The highest BCUT2D eigenvalue weighted by atomic mass is 35.5. The Balaban J connectivity index is 1.92. The number of aromatic nitrogens is 1. The Kier molecular flexibility index (Phi) is 6.15. The van der Waals surface area contributed by atoms with Crippen molar-refractivity contribution < 1.29 is 0 Å². The third kappa shape index (κ3) is 4.11. The molecule has 2 aliphatic rings. The zero-order valence-corrected chi connectivity index (χ0v) is 16.7. The maximum absolute atomic E-state index is 8.89. The van der Waals surface area contributed by atoms with E-state index < -0.39 is 0 Å². The summed E-state index contributed by atoms with van der Waals surface area (Å²) in [4.78, 5) is 4.11. The van der Waals surface area contributed by atoms with Gasteiger partial charge in [-0.25, -0.2) is 4.98 Å². The fraction of sp³-hybridized carbons (Fsp3) is 0.133. The van der Waals surface area contributed by atoms with Gasteiger partial charge in [-0.05, 0) is 18.2 Å². The maximum atomic E-state index is 8.89. The summed E-state index contributed by atoms with van der Waals surface area (Å²) in [6, 6.07) is 5.37. The molecule has 0 saturated heterocycles. The number of nitriles is 2. The van der Waals surface area contributed by atoms with Crippen LogP contribution >= 0.6 is 70.2 Å². The van der Waals surface area contributed by atoms with Crippen LogP contribution in [0.25, 0.3) is 12.2 Å². The number of hydrogen-bond donors (Lipinski definition) is 0. The molecule has 0 radical (unpaired) electrons. The third-order valence-corrected chi connectivity index (χ3v) is 9.15. The average molecular weight is 428 g/mol. The van der Waals surface area contributed by atoms with Gasteiger partial charge in [0.25, 0.3) is 0 Å². The molecule has 1 aromatic rings. The van der Waals surface area contributed by atoms with Crippen molar-refractivity contribution in [3.8, 4) is 12.1 Å². The molecule has 0 atom stereocenters. The second-order valence-corrected chi connectivity index (χ2v) is 10.3. The number of halogens is 2. The van der Waals surface area contributed by atoms with Crippen molar-refractivity contribution >= 4 is 82.4 Å². The molecule has 0 bridgehead atoms. The first kappa shape index (κ1) is 18.1. The highest BCUT2D eigenvalue weighted by Gasteiger charge is 2.25. The fourth-order valence-electron chi connectivity index (χ4n) is 1.87. The van der Waals surface area contributed by atoms with E-state index in [0.717, 1.165) is 15.7 Å². The van der Waals surface area contributed by atoms with Gasteiger partial charge in [-0.2, -0.15) is 10.5 Å². The lowest BCUT2D eigenvalue weighted by Crippen LogP contribution is -1.88. The monoisotopic (exact) mass is 427 g/mol. The van der Waals surface area contributed by atoms with Crippen molar-refractivity contribution in [2.75, 3.05) is 11.5 Å². The zero-order chi connectivity index (χ0) is 17.1. The van der Waals surface area contributed by atoms with Crippen LogP contribution in [0.2, 0.25) is 10.3 Å². The van der Waals surface area contributed by atoms with Crippen molar-refractivity contribution in [1.29, 1.82) is 10.5 Å². The highest BCUT2D eigenvalue weighted by Crippen LogP contribution is 2.59. The molecule has 24 heavy (non-hydrogen) atoms. The Hall–Kier alpha value is -0.670. The molecular weight excluding hydrogens is 421 g/mol. The average Bonchev–Trinajstić information content (AvgIpc) is 2.98. The SMILES string of the molecule is N#CC(C#N)=Cc1cc(C=C2SC3=C(SCCS3)S2)c(Cl)nc1Cl. The molecule has 0 fully saturated rings. The van der Waals surface area contributed by atoms with E-state index in [9.17, 15) is 0 Å².